The molecular formula is C33H37ClN4O6S. The molecule has 2 amide bonds. The van der Waals surface area contributed by atoms with Gasteiger partial charge in [-0.15, -0.1) is 11.3 Å². The average molecular weight is 653 g/mol. The van der Waals surface area contributed by atoms with E-state index in [0.29, 0.717) is 51.0 Å². The number of thiazole rings is 1. The van der Waals surface area contributed by atoms with Crippen LogP contribution in [0, 0.1) is 5.92 Å². The van der Waals surface area contributed by atoms with Gasteiger partial charge in [-0.3, -0.25) is 9.59 Å². The molecule has 2 aliphatic heterocycles. The Kier molecular flexibility index (Phi) is 8.76. The van der Waals surface area contributed by atoms with Crippen molar-refractivity contribution in [3.63, 3.8) is 0 Å². The van der Waals surface area contributed by atoms with Gasteiger partial charge >= 0.3 is 5.97 Å². The van der Waals surface area contributed by atoms with Crippen LogP contribution in [0.2, 0.25) is 5.02 Å². The smallest absolute Gasteiger partial charge is 0.330 e. The number of allylic oxidation sites excluding steroid dienone is 1. The number of hydrogen-bond donors (Lipinski definition) is 2. The van der Waals surface area contributed by atoms with Crippen molar-refractivity contribution in [1.82, 2.24) is 20.2 Å². The molecule has 4 heterocycles. The number of benzene rings is 1. The molecule has 45 heavy (non-hydrogen) atoms. The Balaban J connectivity index is 1.33. The van der Waals surface area contributed by atoms with E-state index in [9.17, 15) is 19.5 Å². The SMILES string of the molecule is COc1ccc2c(OC3CC4C(=O)NC5(C(=O)O)CC5C=CCCCCCC(=O)N4C3)cc(-c3nc(C(C)C)cs3)nc2c1Cl. The number of aliphatic carboxylic acids is 1. The second kappa shape index (κ2) is 12.6. The Morgan fingerprint density at radius 3 is 2.76 bits per heavy atom. The molecule has 1 saturated heterocycles. The fourth-order valence-electron chi connectivity index (χ4n) is 6.21. The number of carboxylic acid groups (broad SMARTS) is 1. The number of carbonyl (C=O) groups is 3. The minimum atomic E-state index is -1.35. The molecule has 0 bridgehead atoms. The zero-order valence-electron chi connectivity index (χ0n) is 25.5. The summed E-state index contributed by atoms with van der Waals surface area (Å²) in [5.41, 5.74) is 0.691. The molecule has 4 atom stereocenters. The third kappa shape index (κ3) is 6.12. The minimum Gasteiger partial charge on any atom is -0.495 e. The number of nitrogens with zero attached hydrogens (tertiary/aromatic N) is 3. The van der Waals surface area contributed by atoms with E-state index in [0.717, 1.165) is 31.4 Å². The zero-order valence-corrected chi connectivity index (χ0v) is 27.1. The number of amides is 2. The van der Waals surface area contributed by atoms with Crippen molar-refractivity contribution < 1.29 is 29.0 Å². The predicted octanol–water partition coefficient (Wildman–Crippen LogP) is 5.97. The summed E-state index contributed by atoms with van der Waals surface area (Å²) in [6.45, 7) is 4.35. The van der Waals surface area contributed by atoms with Gasteiger partial charge in [0.15, 0.2) is 0 Å². The summed E-state index contributed by atoms with van der Waals surface area (Å²) in [6.07, 6.45) is 7.55. The number of methoxy groups -OCH3 is 1. The third-order valence-electron chi connectivity index (χ3n) is 8.95. The fourth-order valence-corrected chi connectivity index (χ4v) is 7.44. The summed E-state index contributed by atoms with van der Waals surface area (Å²) < 4.78 is 12.1. The van der Waals surface area contributed by atoms with Crippen LogP contribution in [-0.2, 0) is 14.4 Å². The lowest BCUT2D eigenvalue weighted by molar-refractivity contribution is -0.145. The van der Waals surface area contributed by atoms with Crippen LogP contribution in [-0.4, -0.2) is 69.1 Å². The van der Waals surface area contributed by atoms with Gasteiger partial charge in [-0.05, 0) is 43.7 Å². The van der Waals surface area contributed by atoms with E-state index in [1.807, 2.05) is 29.7 Å². The third-order valence-corrected chi connectivity index (χ3v) is 10.2. The normalized spacial score (nSPS) is 25.4. The summed E-state index contributed by atoms with van der Waals surface area (Å²) in [4.78, 5) is 50.6. The number of nitrogens with one attached hydrogen (secondary N) is 1. The molecule has 2 aromatic heterocycles. The quantitative estimate of drug-likeness (QED) is 0.312. The summed E-state index contributed by atoms with van der Waals surface area (Å²) in [5, 5.41) is 16.6. The number of carboxylic acids is 1. The molecule has 3 aromatic rings. The first-order valence-electron chi connectivity index (χ1n) is 15.4. The lowest BCUT2D eigenvalue weighted by Crippen LogP contribution is -2.53. The first-order valence-corrected chi connectivity index (χ1v) is 16.7. The summed E-state index contributed by atoms with van der Waals surface area (Å²) in [7, 11) is 1.54. The molecule has 238 valence electrons. The maximum absolute atomic E-state index is 13.7. The number of fused-ring (bicyclic) bond motifs is 3. The van der Waals surface area contributed by atoms with Crippen LogP contribution in [0.5, 0.6) is 11.5 Å². The lowest BCUT2D eigenvalue weighted by atomic mass is 10.1. The van der Waals surface area contributed by atoms with Gasteiger partial charge in [-0.1, -0.05) is 44.0 Å². The molecule has 0 spiro atoms. The molecule has 1 saturated carbocycles. The minimum absolute atomic E-state index is 0.136. The van der Waals surface area contributed by atoms with Crippen molar-refractivity contribution in [3.8, 4) is 22.2 Å². The van der Waals surface area contributed by atoms with Crippen LogP contribution in [0.3, 0.4) is 0 Å². The van der Waals surface area contributed by atoms with E-state index in [2.05, 4.69) is 19.2 Å². The van der Waals surface area contributed by atoms with Crippen molar-refractivity contribution in [2.75, 3.05) is 13.7 Å². The second-order valence-electron chi connectivity index (χ2n) is 12.4. The van der Waals surface area contributed by atoms with Gasteiger partial charge < -0.3 is 24.8 Å². The first-order chi connectivity index (χ1) is 21.6. The summed E-state index contributed by atoms with van der Waals surface area (Å²) >= 11 is 8.22. The second-order valence-corrected chi connectivity index (χ2v) is 13.6. The van der Waals surface area contributed by atoms with E-state index in [-0.39, 0.29) is 30.7 Å². The topological polar surface area (TPSA) is 131 Å². The average Bonchev–Trinajstić information content (AvgIpc) is 3.33. The molecular weight excluding hydrogens is 616 g/mol. The van der Waals surface area contributed by atoms with Gasteiger partial charge in [0.05, 0.1) is 24.9 Å². The van der Waals surface area contributed by atoms with Crippen molar-refractivity contribution in [2.24, 2.45) is 5.92 Å². The lowest BCUT2D eigenvalue weighted by Gasteiger charge is -2.25. The number of carbonyl (C=O) groups excluding carboxylic acids is 2. The van der Waals surface area contributed by atoms with Gasteiger partial charge in [0.2, 0.25) is 11.8 Å². The van der Waals surface area contributed by atoms with Crippen LogP contribution >= 0.6 is 22.9 Å². The molecule has 0 radical (unpaired) electrons. The molecule has 6 rings (SSSR count). The molecule has 1 aliphatic carbocycles. The van der Waals surface area contributed by atoms with Gasteiger partial charge in [0, 0.05) is 35.6 Å². The predicted molar refractivity (Wildman–Crippen MR) is 172 cm³/mol. The molecule has 12 heteroatoms. The maximum Gasteiger partial charge on any atom is 0.330 e. The molecule has 4 unspecified atom stereocenters. The Hall–Kier alpha value is -3.70. The Morgan fingerprint density at radius 2 is 2.02 bits per heavy atom. The Bertz CT molecular complexity index is 1670. The Labute approximate surface area is 270 Å². The van der Waals surface area contributed by atoms with Gasteiger partial charge in [-0.25, -0.2) is 14.8 Å². The highest BCUT2D eigenvalue weighted by Crippen LogP contribution is 2.46. The van der Waals surface area contributed by atoms with E-state index < -0.39 is 29.6 Å². The van der Waals surface area contributed by atoms with Crippen molar-refractivity contribution >= 4 is 51.6 Å². The highest BCUT2D eigenvalue weighted by Gasteiger charge is 2.61. The van der Waals surface area contributed by atoms with Gasteiger partial charge in [0.1, 0.15) is 44.9 Å². The van der Waals surface area contributed by atoms with E-state index in [4.69, 9.17) is 31.0 Å². The zero-order chi connectivity index (χ0) is 31.9. The number of ether oxygens (including phenoxy) is 2. The molecule has 3 aliphatic rings. The molecule has 1 aromatic carbocycles. The van der Waals surface area contributed by atoms with Crippen molar-refractivity contribution in [3.05, 3.63) is 46.4 Å². The largest absolute Gasteiger partial charge is 0.495 e. The summed E-state index contributed by atoms with van der Waals surface area (Å²) in [5.74, 6) is -0.720. The van der Waals surface area contributed by atoms with Crippen LogP contribution in [0.1, 0.15) is 70.4 Å². The molecule has 2 N–H and O–H groups in total. The Morgan fingerprint density at radius 1 is 1.20 bits per heavy atom. The molecule has 10 nitrogen and oxygen atoms in total. The van der Waals surface area contributed by atoms with E-state index in [1.165, 1.54) is 11.3 Å². The summed E-state index contributed by atoms with van der Waals surface area (Å²) in [6, 6.07) is 4.55. The van der Waals surface area contributed by atoms with E-state index in [1.54, 1.807) is 18.1 Å². The van der Waals surface area contributed by atoms with Crippen LogP contribution in [0.25, 0.3) is 21.6 Å². The van der Waals surface area contributed by atoms with Crippen LogP contribution in [0.4, 0.5) is 0 Å². The number of pyridine rings is 1. The van der Waals surface area contributed by atoms with Crippen molar-refractivity contribution in [1.29, 1.82) is 0 Å². The number of aromatic nitrogens is 2. The first kappa shape index (κ1) is 31.3. The highest BCUT2D eigenvalue weighted by molar-refractivity contribution is 7.13. The van der Waals surface area contributed by atoms with E-state index >= 15 is 0 Å². The number of hydrogen-bond acceptors (Lipinski definition) is 8. The highest BCUT2D eigenvalue weighted by atomic mass is 35.5. The standard InChI is InChI=1S/C33H37ClN4O6S/c1-18(2)23-17-45-31(36-23)22-14-26(21-11-12-25(43-3)28(34)29(21)35-22)44-20-13-24-30(40)37-33(32(41)42)15-19(33)9-7-5-4-6-8-10-27(39)38(24)16-20/h7,9,11-12,14,17-20,24H,4-6,8,10,13,15-16H2,1-3H3,(H,37,40)(H,41,42). The van der Waals surface area contributed by atoms with Crippen molar-refractivity contribution in [2.45, 2.75) is 82.4 Å². The molecule has 2 fully saturated rings. The van der Waals surface area contributed by atoms with Crippen LogP contribution in [0.15, 0.2) is 35.7 Å². The van der Waals surface area contributed by atoms with Crippen LogP contribution < -0.4 is 14.8 Å². The number of rotatable bonds is 6. The van der Waals surface area contributed by atoms with Gasteiger partial charge in [-0.2, -0.15) is 0 Å². The van der Waals surface area contributed by atoms with Gasteiger partial charge in [0.25, 0.3) is 0 Å². The monoisotopic (exact) mass is 652 g/mol. The maximum atomic E-state index is 13.7. The fraction of sp³-hybridized carbons (Fsp3) is 0.485. The number of halogens is 1.